The highest BCUT2D eigenvalue weighted by molar-refractivity contribution is 5.69. The first kappa shape index (κ1) is 17.5. The summed E-state index contributed by atoms with van der Waals surface area (Å²) in [6.07, 6.45) is 3.76. The second-order valence-corrected chi connectivity index (χ2v) is 6.88. The normalized spacial score (nSPS) is 15.1. The Balaban J connectivity index is 1.65. The van der Waals surface area contributed by atoms with Crippen molar-refractivity contribution in [2.75, 3.05) is 50.5 Å². The van der Waals surface area contributed by atoms with Crippen molar-refractivity contribution in [3.8, 4) is 16.9 Å². The predicted octanol–water partition coefficient (Wildman–Crippen LogP) is 2.43. The van der Waals surface area contributed by atoms with Crippen LogP contribution < -0.4 is 10.2 Å². The van der Waals surface area contributed by atoms with E-state index in [9.17, 15) is 0 Å². The van der Waals surface area contributed by atoms with Crippen molar-refractivity contribution >= 4 is 11.8 Å². The number of likely N-dealkylation sites (N-methyl/N-ethyl adjacent to an activating group) is 1. The third-order valence-corrected chi connectivity index (χ3v) is 5.06. The molecule has 1 fully saturated rings. The van der Waals surface area contributed by atoms with Gasteiger partial charge in [0.05, 0.1) is 5.69 Å². The van der Waals surface area contributed by atoms with Gasteiger partial charge in [0.1, 0.15) is 11.5 Å². The summed E-state index contributed by atoms with van der Waals surface area (Å²) in [6, 6.07) is 10.1. The Bertz CT molecular complexity index is 894. The fraction of sp³-hybridized carbons (Fsp3) is 0.350. The van der Waals surface area contributed by atoms with Gasteiger partial charge in [0.25, 0.3) is 0 Å². The summed E-state index contributed by atoms with van der Waals surface area (Å²) < 4.78 is 1.93. The van der Waals surface area contributed by atoms with Crippen molar-refractivity contribution in [3.05, 3.63) is 48.3 Å². The number of nitrogens with zero attached hydrogens (tertiary/aromatic N) is 6. The molecule has 7 heteroatoms. The summed E-state index contributed by atoms with van der Waals surface area (Å²) in [6.45, 7) is 6.07. The van der Waals surface area contributed by atoms with Gasteiger partial charge in [-0.05, 0) is 26.1 Å². The van der Waals surface area contributed by atoms with E-state index in [2.05, 4.69) is 39.1 Å². The molecule has 7 nitrogen and oxygen atoms in total. The van der Waals surface area contributed by atoms with E-state index in [4.69, 9.17) is 5.10 Å². The molecule has 0 radical (unpaired) electrons. The predicted molar refractivity (Wildman–Crippen MR) is 109 cm³/mol. The second kappa shape index (κ2) is 7.36. The van der Waals surface area contributed by atoms with Gasteiger partial charge in [-0.3, -0.25) is 0 Å². The zero-order chi connectivity index (χ0) is 18.8. The molecule has 1 aliphatic rings. The number of hydrogen-bond donors (Lipinski definition) is 1. The van der Waals surface area contributed by atoms with Crippen LogP contribution in [-0.2, 0) is 0 Å². The van der Waals surface area contributed by atoms with Crippen LogP contribution in [0.3, 0.4) is 0 Å². The molecule has 3 heterocycles. The van der Waals surface area contributed by atoms with Gasteiger partial charge in [-0.2, -0.15) is 5.10 Å². The van der Waals surface area contributed by atoms with Crippen LogP contribution in [0.2, 0.25) is 0 Å². The first-order valence-corrected chi connectivity index (χ1v) is 9.26. The molecule has 0 aliphatic carbocycles. The third-order valence-electron chi connectivity index (χ3n) is 5.06. The first-order valence-electron chi connectivity index (χ1n) is 9.26. The van der Waals surface area contributed by atoms with Crippen molar-refractivity contribution in [1.29, 1.82) is 0 Å². The Kier molecular flexibility index (Phi) is 4.77. The maximum absolute atomic E-state index is 4.83. The van der Waals surface area contributed by atoms with Crippen LogP contribution in [0.4, 0.5) is 11.8 Å². The van der Waals surface area contributed by atoms with Gasteiger partial charge in [0.2, 0.25) is 5.95 Å². The molecule has 0 atom stereocenters. The monoisotopic (exact) mass is 363 g/mol. The number of nitrogens with one attached hydrogen (secondary N) is 1. The Morgan fingerprint density at radius 3 is 2.26 bits per heavy atom. The van der Waals surface area contributed by atoms with Gasteiger partial charge < -0.3 is 15.1 Å². The summed E-state index contributed by atoms with van der Waals surface area (Å²) >= 11 is 0. The minimum Gasteiger partial charge on any atom is -0.373 e. The van der Waals surface area contributed by atoms with Crippen molar-refractivity contribution in [2.45, 2.75) is 6.92 Å². The van der Waals surface area contributed by atoms with Gasteiger partial charge in [-0.25, -0.2) is 14.6 Å². The molecule has 0 unspecified atom stereocenters. The van der Waals surface area contributed by atoms with Crippen molar-refractivity contribution in [2.24, 2.45) is 0 Å². The summed E-state index contributed by atoms with van der Waals surface area (Å²) in [5.74, 6) is 1.76. The molecule has 0 bridgehead atoms. The molecular formula is C20H25N7. The molecule has 1 aliphatic heterocycles. The second-order valence-electron chi connectivity index (χ2n) is 6.88. The number of aromatic nitrogens is 4. The van der Waals surface area contributed by atoms with Crippen LogP contribution in [-0.4, -0.2) is 64.9 Å². The van der Waals surface area contributed by atoms with E-state index in [-0.39, 0.29) is 0 Å². The van der Waals surface area contributed by atoms with E-state index in [1.165, 1.54) is 0 Å². The summed E-state index contributed by atoms with van der Waals surface area (Å²) in [5.41, 5.74) is 3.92. The quantitative estimate of drug-likeness (QED) is 0.768. The van der Waals surface area contributed by atoms with E-state index < -0.39 is 0 Å². The van der Waals surface area contributed by atoms with Gasteiger partial charge in [0, 0.05) is 56.7 Å². The summed E-state index contributed by atoms with van der Waals surface area (Å²) in [5, 5.41) is 8.09. The maximum atomic E-state index is 4.83. The van der Waals surface area contributed by atoms with Crippen molar-refractivity contribution in [1.82, 2.24) is 24.6 Å². The number of benzene rings is 1. The molecule has 27 heavy (non-hydrogen) atoms. The smallest absolute Gasteiger partial charge is 0.225 e. The van der Waals surface area contributed by atoms with E-state index >= 15 is 0 Å². The maximum Gasteiger partial charge on any atom is 0.225 e. The van der Waals surface area contributed by atoms with E-state index in [0.717, 1.165) is 60.5 Å². The Morgan fingerprint density at radius 1 is 0.963 bits per heavy atom. The Morgan fingerprint density at radius 2 is 1.63 bits per heavy atom. The topological polar surface area (TPSA) is 62.1 Å². The van der Waals surface area contributed by atoms with Crippen LogP contribution in [0.15, 0.2) is 42.7 Å². The molecule has 0 saturated carbocycles. The fourth-order valence-corrected chi connectivity index (χ4v) is 3.43. The zero-order valence-corrected chi connectivity index (χ0v) is 16.1. The average Bonchev–Trinajstić information content (AvgIpc) is 3.06. The summed E-state index contributed by atoms with van der Waals surface area (Å²) in [4.78, 5) is 13.8. The van der Waals surface area contributed by atoms with Gasteiger partial charge in [0.15, 0.2) is 0 Å². The number of para-hydroxylation sites is 1. The number of rotatable bonds is 4. The SMILES string of the molecule is CNc1c(C)c(-c2cnc(N3CCN(C)CC3)nc2)nn1-c1ccccc1. The molecule has 140 valence electrons. The average molecular weight is 363 g/mol. The molecule has 2 aromatic heterocycles. The molecule has 0 spiro atoms. The number of anilines is 2. The van der Waals surface area contributed by atoms with Crippen molar-refractivity contribution in [3.63, 3.8) is 0 Å². The number of hydrogen-bond acceptors (Lipinski definition) is 6. The standard InChI is InChI=1S/C20H25N7/c1-15-18(24-27(19(15)21-2)17-7-5-4-6-8-17)16-13-22-20(23-14-16)26-11-9-25(3)10-12-26/h4-8,13-14,21H,9-12H2,1-3H3. The largest absolute Gasteiger partial charge is 0.373 e. The lowest BCUT2D eigenvalue weighted by Crippen LogP contribution is -2.45. The highest BCUT2D eigenvalue weighted by Crippen LogP contribution is 2.29. The van der Waals surface area contributed by atoms with Crippen LogP contribution in [0.25, 0.3) is 16.9 Å². The summed E-state index contributed by atoms with van der Waals surface area (Å²) in [7, 11) is 4.06. The van der Waals surface area contributed by atoms with Gasteiger partial charge in [-0.1, -0.05) is 18.2 Å². The molecule has 0 amide bonds. The van der Waals surface area contributed by atoms with Crippen LogP contribution in [0, 0.1) is 6.92 Å². The van der Waals surface area contributed by atoms with Crippen LogP contribution in [0.5, 0.6) is 0 Å². The lowest BCUT2D eigenvalue weighted by molar-refractivity contribution is 0.311. The first-order chi connectivity index (χ1) is 13.2. The molecule has 4 rings (SSSR count). The fourth-order valence-electron chi connectivity index (χ4n) is 3.43. The zero-order valence-electron chi connectivity index (χ0n) is 16.1. The van der Waals surface area contributed by atoms with Gasteiger partial charge in [-0.15, -0.1) is 0 Å². The van der Waals surface area contributed by atoms with Crippen LogP contribution >= 0.6 is 0 Å². The van der Waals surface area contributed by atoms with E-state index in [1.807, 2.05) is 54.5 Å². The molecule has 1 saturated heterocycles. The van der Waals surface area contributed by atoms with Crippen molar-refractivity contribution < 1.29 is 0 Å². The molecule has 3 aromatic rings. The Hall–Kier alpha value is -2.93. The molecular weight excluding hydrogens is 338 g/mol. The van der Waals surface area contributed by atoms with E-state index in [1.54, 1.807) is 0 Å². The highest BCUT2D eigenvalue weighted by atomic mass is 15.3. The minimum atomic E-state index is 0.792. The Labute approximate surface area is 159 Å². The molecule has 1 aromatic carbocycles. The lowest BCUT2D eigenvalue weighted by Gasteiger charge is -2.32. The number of piperazine rings is 1. The third kappa shape index (κ3) is 3.38. The van der Waals surface area contributed by atoms with E-state index in [0.29, 0.717) is 0 Å². The minimum absolute atomic E-state index is 0.792. The van der Waals surface area contributed by atoms with Crippen LogP contribution in [0.1, 0.15) is 5.56 Å². The highest BCUT2D eigenvalue weighted by Gasteiger charge is 2.19. The molecule has 1 N–H and O–H groups in total. The lowest BCUT2D eigenvalue weighted by atomic mass is 10.1. The van der Waals surface area contributed by atoms with Gasteiger partial charge >= 0.3 is 0 Å².